The molecule has 4 saturated carbocycles. The van der Waals surface area contributed by atoms with Crippen molar-refractivity contribution in [1.82, 2.24) is 0 Å². The largest absolute Gasteiger partial charge is 0.198 e. The molecule has 1 heteroatoms. The van der Waals surface area contributed by atoms with Gasteiger partial charge in [-0.25, -0.2) is 0 Å². The van der Waals surface area contributed by atoms with Crippen LogP contribution >= 0.6 is 0 Å². The van der Waals surface area contributed by atoms with Crippen molar-refractivity contribution < 1.29 is 0 Å². The van der Waals surface area contributed by atoms with Crippen molar-refractivity contribution in [3.8, 4) is 6.07 Å². The zero-order chi connectivity index (χ0) is 19.2. The van der Waals surface area contributed by atoms with E-state index in [1.54, 1.807) is 0 Å². The molecule has 0 spiro atoms. The summed E-state index contributed by atoms with van der Waals surface area (Å²) >= 11 is 0. The van der Waals surface area contributed by atoms with E-state index in [0.717, 1.165) is 17.8 Å². The van der Waals surface area contributed by atoms with Gasteiger partial charge in [0.05, 0.1) is 11.5 Å². The maximum atomic E-state index is 9.87. The molecule has 0 amide bonds. The molecule has 154 valence electrons. The summed E-state index contributed by atoms with van der Waals surface area (Å²) in [7, 11) is 0. The number of unbranched alkanes of at least 4 members (excludes halogenated alkanes) is 5. The summed E-state index contributed by atoms with van der Waals surface area (Å²) in [6, 6.07) is 2.78. The predicted molar refractivity (Wildman–Crippen MR) is 115 cm³/mol. The Labute approximate surface area is 169 Å². The first-order valence-corrected chi connectivity index (χ1v) is 12.5. The lowest BCUT2D eigenvalue weighted by Gasteiger charge is -2.58. The molecular weight excluding hydrogens is 326 g/mol. The maximum Gasteiger partial charge on any atom is 0.0689 e. The molecule has 0 unspecified atom stereocenters. The summed E-state index contributed by atoms with van der Waals surface area (Å²) in [5.74, 6) is 0.934. The van der Waals surface area contributed by atoms with Crippen LogP contribution in [-0.4, -0.2) is 0 Å². The van der Waals surface area contributed by atoms with E-state index in [-0.39, 0.29) is 5.41 Å². The summed E-state index contributed by atoms with van der Waals surface area (Å²) in [4.78, 5) is 0. The number of nitriles is 1. The minimum atomic E-state index is 0.0364. The molecule has 0 aliphatic heterocycles. The van der Waals surface area contributed by atoms with Gasteiger partial charge >= 0.3 is 0 Å². The molecule has 4 fully saturated rings. The quantitative estimate of drug-likeness (QED) is 0.353. The highest BCUT2D eigenvalue weighted by Gasteiger charge is 2.52. The third-order valence-corrected chi connectivity index (χ3v) is 9.33. The molecule has 0 radical (unpaired) electrons. The first kappa shape index (κ1) is 21.2. The molecule has 0 heterocycles. The highest BCUT2D eigenvalue weighted by molar-refractivity contribution is 5.07. The van der Waals surface area contributed by atoms with E-state index >= 15 is 0 Å². The molecule has 0 aromatic carbocycles. The average Bonchev–Trinajstić information content (AvgIpc) is 2.73. The van der Waals surface area contributed by atoms with Crippen molar-refractivity contribution in [2.45, 2.75) is 136 Å². The lowest BCUT2D eigenvalue weighted by atomic mass is 9.47. The zero-order valence-electron chi connectivity index (χ0n) is 18.5. The number of hydrogen-bond donors (Lipinski definition) is 0. The van der Waals surface area contributed by atoms with Gasteiger partial charge in [0, 0.05) is 0 Å². The molecule has 2 bridgehead atoms. The topological polar surface area (TPSA) is 23.8 Å². The first-order chi connectivity index (χ1) is 13.1. The van der Waals surface area contributed by atoms with Gasteiger partial charge in [0.15, 0.2) is 0 Å². The molecule has 0 atom stereocenters. The minimum Gasteiger partial charge on any atom is -0.198 e. The Bertz CT molecular complexity index is 466. The van der Waals surface area contributed by atoms with Crippen LogP contribution in [0, 0.1) is 33.5 Å². The van der Waals surface area contributed by atoms with Crippen LogP contribution in [0.1, 0.15) is 136 Å². The van der Waals surface area contributed by atoms with Gasteiger partial charge in [0.1, 0.15) is 0 Å². The molecule has 0 N–H and O–H groups in total. The highest BCUT2D eigenvalue weighted by Crippen LogP contribution is 2.64. The Kier molecular flexibility index (Phi) is 7.32. The first-order valence-electron chi connectivity index (χ1n) is 12.5. The van der Waals surface area contributed by atoms with Crippen molar-refractivity contribution in [1.29, 1.82) is 5.26 Å². The average molecular weight is 372 g/mol. The van der Waals surface area contributed by atoms with E-state index in [0.29, 0.717) is 5.41 Å². The fourth-order valence-corrected chi connectivity index (χ4v) is 7.12. The van der Waals surface area contributed by atoms with Crippen molar-refractivity contribution in [3.63, 3.8) is 0 Å². The monoisotopic (exact) mass is 371 g/mol. The number of fused-ring (bicyclic) bond motifs is 3. The Morgan fingerprint density at radius 2 is 1.26 bits per heavy atom. The van der Waals surface area contributed by atoms with Gasteiger partial charge < -0.3 is 0 Å². The van der Waals surface area contributed by atoms with Crippen molar-refractivity contribution in [3.05, 3.63) is 0 Å². The fourth-order valence-electron chi connectivity index (χ4n) is 7.12. The van der Waals surface area contributed by atoms with Gasteiger partial charge in [0.2, 0.25) is 0 Å². The normalized spacial score (nSPS) is 38.6. The van der Waals surface area contributed by atoms with Crippen LogP contribution in [0.2, 0.25) is 0 Å². The predicted octanol–water partition coefficient (Wildman–Crippen LogP) is 8.58. The van der Waals surface area contributed by atoms with Gasteiger partial charge in [-0.05, 0) is 93.8 Å². The summed E-state index contributed by atoms with van der Waals surface area (Å²) in [5, 5.41) is 9.87. The smallest absolute Gasteiger partial charge is 0.0689 e. The second kappa shape index (κ2) is 9.33. The Morgan fingerprint density at radius 3 is 1.81 bits per heavy atom. The molecule has 1 nitrogen and oxygen atoms in total. The van der Waals surface area contributed by atoms with Crippen LogP contribution in [0.3, 0.4) is 0 Å². The number of hydrogen-bond acceptors (Lipinski definition) is 1. The molecule has 0 aromatic rings. The van der Waals surface area contributed by atoms with E-state index < -0.39 is 0 Å². The lowest BCUT2D eigenvalue weighted by molar-refractivity contribution is -0.0690. The van der Waals surface area contributed by atoms with Gasteiger partial charge in [-0.2, -0.15) is 5.26 Å². The SMILES string of the molecule is CCCCCCC12CCC(C3CCC(C#N)(CCCCC)CC3)(CC1)CC2. The zero-order valence-corrected chi connectivity index (χ0v) is 18.5. The molecule has 0 saturated heterocycles. The molecule has 4 aliphatic carbocycles. The Morgan fingerprint density at radius 1 is 0.704 bits per heavy atom. The van der Waals surface area contributed by atoms with Crippen LogP contribution in [0.4, 0.5) is 0 Å². The number of nitrogens with zero attached hydrogens (tertiary/aromatic N) is 1. The Hall–Kier alpha value is -0.510. The van der Waals surface area contributed by atoms with Crippen molar-refractivity contribution >= 4 is 0 Å². The van der Waals surface area contributed by atoms with Gasteiger partial charge in [-0.15, -0.1) is 0 Å². The summed E-state index contributed by atoms with van der Waals surface area (Å²) in [5.41, 5.74) is 1.45. The van der Waals surface area contributed by atoms with Crippen LogP contribution in [-0.2, 0) is 0 Å². The fraction of sp³-hybridized carbons (Fsp3) is 0.962. The molecule has 0 aromatic heterocycles. The van der Waals surface area contributed by atoms with Crippen LogP contribution in [0.15, 0.2) is 0 Å². The minimum absolute atomic E-state index is 0.0364. The third-order valence-electron chi connectivity index (χ3n) is 9.33. The van der Waals surface area contributed by atoms with E-state index in [1.165, 1.54) is 116 Å². The second-order valence-electron chi connectivity index (χ2n) is 10.8. The highest BCUT2D eigenvalue weighted by atomic mass is 14.6. The summed E-state index contributed by atoms with van der Waals surface area (Å²) < 4.78 is 0. The summed E-state index contributed by atoms with van der Waals surface area (Å²) in [6.07, 6.45) is 26.5. The molecule has 27 heavy (non-hydrogen) atoms. The molecule has 4 aliphatic rings. The lowest BCUT2D eigenvalue weighted by Crippen LogP contribution is -2.47. The van der Waals surface area contributed by atoms with Gasteiger partial charge in [-0.3, -0.25) is 0 Å². The third kappa shape index (κ3) is 4.74. The van der Waals surface area contributed by atoms with Crippen LogP contribution < -0.4 is 0 Å². The van der Waals surface area contributed by atoms with Gasteiger partial charge in [-0.1, -0.05) is 58.8 Å². The van der Waals surface area contributed by atoms with E-state index in [4.69, 9.17) is 0 Å². The van der Waals surface area contributed by atoms with E-state index in [9.17, 15) is 5.26 Å². The molecular formula is C26H45N. The van der Waals surface area contributed by atoms with E-state index in [2.05, 4.69) is 19.9 Å². The standard InChI is InChI=1S/C26H45N/c1-3-5-7-9-12-24-16-19-26(20-17-24,21-18-24)23-10-14-25(22-27,15-11-23)13-8-6-4-2/h23H,3-21H2,1-2H3. The van der Waals surface area contributed by atoms with Crippen LogP contribution in [0.5, 0.6) is 0 Å². The number of rotatable bonds is 10. The van der Waals surface area contributed by atoms with E-state index in [1.807, 2.05) is 0 Å². The van der Waals surface area contributed by atoms with Crippen molar-refractivity contribution in [2.75, 3.05) is 0 Å². The second-order valence-corrected chi connectivity index (χ2v) is 10.8. The Balaban J connectivity index is 1.49. The van der Waals surface area contributed by atoms with Gasteiger partial charge in [0.25, 0.3) is 0 Å². The molecule has 4 rings (SSSR count). The summed E-state index contributed by atoms with van der Waals surface area (Å²) in [6.45, 7) is 4.59. The van der Waals surface area contributed by atoms with Crippen molar-refractivity contribution in [2.24, 2.45) is 22.2 Å². The van der Waals surface area contributed by atoms with Crippen LogP contribution in [0.25, 0.3) is 0 Å². The maximum absolute atomic E-state index is 9.87.